The minimum atomic E-state index is -0.128. The molecule has 5 heteroatoms. The van der Waals surface area contributed by atoms with Gasteiger partial charge in [0, 0.05) is 28.0 Å². The molecule has 6 aromatic rings. The number of furan rings is 2. The first-order valence-electron chi connectivity index (χ1n) is 25.8. The molecule has 348 valence electrons. The van der Waals surface area contributed by atoms with Gasteiger partial charge in [0.15, 0.2) is 0 Å². The van der Waals surface area contributed by atoms with Gasteiger partial charge in [-0.1, -0.05) is 139 Å². The fourth-order valence-corrected chi connectivity index (χ4v) is 13.5. The normalized spacial score (nSPS) is 23.2. The molecule has 0 saturated carbocycles. The molecule has 2 aromatic heterocycles. The Labute approximate surface area is 406 Å². The van der Waals surface area contributed by atoms with E-state index in [0.717, 1.165) is 76.5 Å². The molecule has 0 fully saturated rings. The highest BCUT2D eigenvalue weighted by atomic mass is 16.3. The first-order valence-corrected chi connectivity index (χ1v) is 25.8. The quantitative estimate of drug-likeness (QED) is 0.162. The summed E-state index contributed by atoms with van der Waals surface area (Å²) >= 11 is 0. The fourth-order valence-electron chi connectivity index (χ4n) is 13.5. The van der Waals surface area contributed by atoms with Crippen LogP contribution in [0.4, 0.5) is 17.1 Å². The standard InChI is InChI=1S/C63H71BN2O2/c1-36-30-49-54-50(31-36)66(47-20-17-21-51-53(47)39-18-16-19-41(56(39)67-51)59(5,6)7)48-34-44-43(61(10,11)27-28-62(44,12)13)33-46(48)64(54)57-55(65(49)38-24-22-37(23-25-38)58(2,3)4)40-32-42-45(35-52(40)68-57)63(14,15)29-26-60(42,8)9/h17,19-22,24-25,31-35,37,49H,23,26-30H2,1-15H3. The van der Waals surface area contributed by atoms with Gasteiger partial charge in [-0.05, 0) is 166 Å². The molecule has 6 aliphatic rings. The molecular weight excluding hydrogens is 828 g/mol. The van der Waals surface area contributed by atoms with Crippen molar-refractivity contribution in [3.05, 3.63) is 135 Å². The maximum atomic E-state index is 7.68. The van der Waals surface area contributed by atoms with Crippen LogP contribution in [0.3, 0.4) is 0 Å². The Kier molecular flexibility index (Phi) is 8.99. The van der Waals surface area contributed by atoms with Gasteiger partial charge in [0.2, 0.25) is 0 Å². The molecule has 0 saturated heterocycles. The molecule has 0 spiro atoms. The Morgan fingerprint density at radius 1 is 0.750 bits per heavy atom. The highest BCUT2D eigenvalue weighted by Crippen LogP contribution is 2.55. The van der Waals surface area contributed by atoms with E-state index in [4.69, 9.17) is 8.83 Å². The van der Waals surface area contributed by atoms with Crippen LogP contribution in [0.2, 0.25) is 0 Å². The summed E-state index contributed by atoms with van der Waals surface area (Å²) < 4.78 is 14.6. The summed E-state index contributed by atoms with van der Waals surface area (Å²) in [7, 11) is 0. The van der Waals surface area contributed by atoms with E-state index in [2.05, 4.69) is 199 Å². The van der Waals surface area contributed by atoms with Crippen LogP contribution in [-0.2, 0) is 27.1 Å². The van der Waals surface area contributed by atoms with Crippen LogP contribution in [0.15, 0.2) is 104 Å². The fraction of sp³-hybridized carbons (Fsp3) is 0.460. The molecule has 4 heterocycles. The average Bonchev–Trinajstić information content (AvgIpc) is 3.84. The van der Waals surface area contributed by atoms with Crippen molar-refractivity contribution in [1.29, 1.82) is 0 Å². The monoisotopic (exact) mass is 899 g/mol. The third-order valence-corrected chi connectivity index (χ3v) is 18.0. The molecule has 68 heavy (non-hydrogen) atoms. The number of allylic oxidation sites excluding steroid dienone is 4. The van der Waals surface area contributed by atoms with Crippen LogP contribution in [0.1, 0.15) is 170 Å². The van der Waals surface area contributed by atoms with Crippen LogP contribution in [0.5, 0.6) is 0 Å². The van der Waals surface area contributed by atoms with Crippen molar-refractivity contribution in [2.75, 3.05) is 9.80 Å². The summed E-state index contributed by atoms with van der Waals surface area (Å²) in [6.07, 6.45) is 16.6. The van der Waals surface area contributed by atoms with Gasteiger partial charge in [-0.3, -0.25) is 0 Å². The van der Waals surface area contributed by atoms with Gasteiger partial charge < -0.3 is 18.6 Å². The Balaban J connectivity index is 1.21. The number of hydrogen-bond donors (Lipinski definition) is 0. The molecule has 12 rings (SSSR count). The van der Waals surface area contributed by atoms with Gasteiger partial charge in [-0.25, -0.2) is 0 Å². The second-order valence-corrected chi connectivity index (χ2v) is 26.6. The number of hydrogen-bond acceptors (Lipinski definition) is 4. The highest BCUT2D eigenvalue weighted by Gasteiger charge is 2.53. The maximum Gasteiger partial charge on any atom is 0.292 e. The topological polar surface area (TPSA) is 32.8 Å². The van der Waals surface area contributed by atoms with Crippen molar-refractivity contribution in [1.82, 2.24) is 0 Å². The van der Waals surface area contributed by atoms with Crippen molar-refractivity contribution in [2.45, 2.75) is 175 Å². The summed E-state index contributed by atoms with van der Waals surface area (Å²) in [6.45, 7) is 35.9. The minimum absolute atomic E-state index is 0.0109. The van der Waals surface area contributed by atoms with Crippen LogP contribution >= 0.6 is 0 Å². The van der Waals surface area contributed by atoms with Crippen LogP contribution in [0, 0.1) is 23.5 Å². The molecule has 4 aliphatic carbocycles. The summed E-state index contributed by atoms with van der Waals surface area (Å²) in [6, 6.07) is 26.1. The predicted molar refractivity (Wildman–Crippen MR) is 287 cm³/mol. The molecular formula is C63H71BN2O2. The van der Waals surface area contributed by atoms with E-state index in [1.807, 2.05) is 0 Å². The van der Waals surface area contributed by atoms with Crippen molar-refractivity contribution in [2.24, 2.45) is 11.3 Å². The lowest BCUT2D eigenvalue weighted by Gasteiger charge is -2.51. The summed E-state index contributed by atoms with van der Waals surface area (Å²) in [4.78, 5) is 5.38. The zero-order valence-electron chi connectivity index (χ0n) is 43.6. The van der Waals surface area contributed by atoms with Crippen molar-refractivity contribution >= 4 is 67.8 Å². The van der Waals surface area contributed by atoms with E-state index in [1.165, 1.54) is 73.3 Å². The van der Waals surface area contributed by atoms with E-state index in [1.54, 1.807) is 0 Å². The SMILES string of the molecule is CC1=CC2=C3B(c4cc5c(cc4N2c2cccc4oc6c(C(C)(C)C)cc#cc6c24)C(C)(C)CCC5(C)C)c2oc4cc5c(cc4c2N(C2=CCC(C(C)(C)C)C=C2)C3C1)C(C)(C)CCC5(C)C. The Morgan fingerprint density at radius 3 is 2.03 bits per heavy atom. The maximum absolute atomic E-state index is 7.68. The third-order valence-electron chi connectivity index (χ3n) is 18.0. The minimum Gasteiger partial charge on any atom is -0.468 e. The Hall–Kier alpha value is -5.34. The largest absolute Gasteiger partial charge is 0.468 e. The number of nitrogens with zero attached hydrogens (tertiary/aromatic N) is 2. The zero-order valence-corrected chi connectivity index (χ0v) is 43.6. The number of fused-ring (bicyclic) bond motifs is 11. The highest BCUT2D eigenvalue weighted by molar-refractivity contribution is 6.93. The van der Waals surface area contributed by atoms with E-state index in [0.29, 0.717) is 5.92 Å². The number of anilines is 3. The lowest BCUT2D eigenvalue weighted by atomic mass is 9.33. The molecule has 0 radical (unpaired) electrons. The van der Waals surface area contributed by atoms with Gasteiger partial charge in [0.25, 0.3) is 6.71 Å². The van der Waals surface area contributed by atoms with Gasteiger partial charge in [0.05, 0.1) is 33.8 Å². The molecule has 4 nitrogen and oxygen atoms in total. The average molecular weight is 899 g/mol. The Morgan fingerprint density at radius 2 is 1.40 bits per heavy atom. The van der Waals surface area contributed by atoms with Gasteiger partial charge >= 0.3 is 0 Å². The summed E-state index contributed by atoms with van der Waals surface area (Å²) in [5.41, 5.74) is 21.4. The lowest BCUT2D eigenvalue weighted by molar-refractivity contribution is 0.293. The second-order valence-electron chi connectivity index (χ2n) is 26.6. The van der Waals surface area contributed by atoms with Crippen molar-refractivity contribution in [3.63, 3.8) is 0 Å². The van der Waals surface area contributed by atoms with Crippen molar-refractivity contribution < 1.29 is 8.83 Å². The predicted octanol–water partition coefficient (Wildman–Crippen LogP) is 15.5. The van der Waals surface area contributed by atoms with Gasteiger partial charge in [-0.15, -0.1) is 0 Å². The molecule has 2 atom stereocenters. The van der Waals surface area contributed by atoms with E-state index < -0.39 is 0 Å². The Bertz CT molecular complexity index is 3300. The van der Waals surface area contributed by atoms with Crippen molar-refractivity contribution in [3.8, 4) is 0 Å². The smallest absolute Gasteiger partial charge is 0.292 e. The molecule has 2 unspecified atom stereocenters. The first-order chi connectivity index (χ1) is 31.9. The molecule has 4 aromatic carbocycles. The second kappa shape index (κ2) is 13.9. The molecule has 2 aliphatic heterocycles. The van der Waals surface area contributed by atoms with E-state index in [9.17, 15) is 0 Å². The van der Waals surface area contributed by atoms with Gasteiger partial charge in [-0.2, -0.15) is 0 Å². The number of rotatable bonds is 2. The molecule has 0 amide bonds. The number of benzene rings is 3. The summed E-state index contributed by atoms with van der Waals surface area (Å²) in [5.74, 6) is 0.469. The third kappa shape index (κ3) is 6.20. The van der Waals surface area contributed by atoms with Crippen LogP contribution in [-0.4, -0.2) is 12.8 Å². The molecule has 0 N–H and O–H groups in total. The van der Waals surface area contributed by atoms with Gasteiger partial charge in [0.1, 0.15) is 16.7 Å². The molecule has 0 bridgehead atoms. The van der Waals surface area contributed by atoms with E-state index >= 15 is 0 Å². The van der Waals surface area contributed by atoms with Crippen LogP contribution in [0.25, 0.3) is 32.9 Å². The first kappa shape index (κ1) is 43.9. The zero-order chi connectivity index (χ0) is 48.0. The lowest BCUT2D eigenvalue weighted by Crippen LogP contribution is -2.62. The summed E-state index contributed by atoms with van der Waals surface area (Å²) in [5, 5.41) is 3.34. The van der Waals surface area contributed by atoms with E-state index in [-0.39, 0.29) is 45.2 Å². The van der Waals surface area contributed by atoms with Crippen LogP contribution < -0.4 is 20.9 Å².